The fourth-order valence-electron chi connectivity index (χ4n) is 8.18. The van der Waals surface area contributed by atoms with Crippen LogP contribution in [0.2, 0.25) is 0 Å². The lowest BCUT2D eigenvalue weighted by Gasteiger charge is -2.39. The normalized spacial score (nSPS) is 27.8. The van der Waals surface area contributed by atoms with Crippen LogP contribution in [0, 0.1) is 31.6 Å². The van der Waals surface area contributed by atoms with Crippen LogP contribution in [0.15, 0.2) is 67.8 Å². The molecule has 3 aliphatic heterocycles. The van der Waals surface area contributed by atoms with Crippen molar-refractivity contribution in [3.05, 3.63) is 78.9 Å². The van der Waals surface area contributed by atoms with Crippen LogP contribution in [-0.2, 0) is 19.1 Å². The summed E-state index contributed by atoms with van der Waals surface area (Å²) in [5.41, 5.74) is 1.09. The first kappa shape index (κ1) is 33.4. The van der Waals surface area contributed by atoms with Crippen molar-refractivity contribution in [1.82, 2.24) is 4.90 Å². The predicted octanol–water partition coefficient (Wildman–Crippen LogP) is 4.83. The molecule has 2 bridgehead atoms. The Bertz CT molecular complexity index is 1490. The molecule has 1 N–H and O–H groups in total. The molecule has 3 unspecified atom stereocenters. The molecule has 9 nitrogen and oxygen atoms in total. The molecule has 46 heavy (non-hydrogen) atoms. The van der Waals surface area contributed by atoms with Gasteiger partial charge in [-0.15, -0.1) is 13.2 Å². The van der Waals surface area contributed by atoms with Gasteiger partial charge in [-0.1, -0.05) is 37.3 Å². The lowest BCUT2D eigenvalue weighted by atomic mass is 9.62. The molecule has 5 rings (SSSR count). The van der Waals surface area contributed by atoms with Crippen molar-refractivity contribution >= 4 is 29.1 Å². The monoisotopic (exact) mass is 629 g/mol. The van der Waals surface area contributed by atoms with Crippen molar-refractivity contribution in [2.45, 2.75) is 64.7 Å². The first-order valence-corrected chi connectivity index (χ1v) is 16.3. The number of carbonyl (C=O) groups is 3. The van der Waals surface area contributed by atoms with E-state index in [-0.39, 0.29) is 49.9 Å². The highest BCUT2D eigenvalue weighted by Gasteiger charge is 2.80. The molecule has 246 valence electrons. The number of likely N-dealkylation sites (tertiary alicyclic amines) is 1. The molecule has 1 spiro atoms. The second-order valence-electron chi connectivity index (χ2n) is 13.0. The Labute approximate surface area is 272 Å². The summed E-state index contributed by atoms with van der Waals surface area (Å²) in [7, 11) is 0. The minimum atomic E-state index is -1.22. The van der Waals surface area contributed by atoms with E-state index in [4.69, 9.17) is 9.47 Å². The lowest BCUT2D eigenvalue weighted by Crippen LogP contribution is -2.57. The van der Waals surface area contributed by atoms with E-state index < -0.39 is 29.1 Å². The van der Waals surface area contributed by atoms with Gasteiger partial charge in [-0.2, -0.15) is 0 Å². The molecule has 3 amide bonds. The van der Waals surface area contributed by atoms with Crippen molar-refractivity contribution in [3.63, 3.8) is 0 Å². The number of fused-ring (bicyclic) bond motifs is 1. The van der Waals surface area contributed by atoms with Gasteiger partial charge in [0.1, 0.15) is 17.4 Å². The third kappa shape index (κ3) is 5.23. The summed E-state index contributed by atoms with van der Waals surface area (Å²) >= 11 is 0. The third-order valence-electron chi connectivity index (χ3n) is 10.2. The minimum Gasteiger partial charge on any atom is -0.494 e. The molecule has 0 saturated carbocycles. The third-order valence-corrected chi connectivity index (χ3v) is 10.2. The first-order valence-electron chi connectivity index (χ1n) is 16.3. The van der Waals surface area contributed by atoms with Gasteiger partial charge >= 0.3 is 0 Å². The van der Waals surface area contributed by atoms with E-state index in [1.807, 2.05) is 77.1 Å². The number of ether oxygens (including phenoxy) is 2. The number of amides is 3. The van der Waals surface area contributed by atoms with E-state index in [9.17, 15) is 19.5 Å². The fraction of sp³-hybridized carbons (Fsp3) is 0.486. The van der Waals surface area contributed by atoms with E-state index in [0.29, 0.717) is 30.9 Å². The van der Waals surface area contributed by atoms with E-state index in [0.717, 1.165) is 16.8 Å². The van der Waals surface area contributed by atoms with Crippen molar-refractivity contribution in [2.24, 2.45) is 17.8 Å². The number of aryl methyl sites for hydroxylation is 2. The highest BCUT2D eigenvalue weighted by molar-refractivity contribution is 6.07. The van der Waals surface area contributed by atoms with Crippen LogP contribution in [0.25, 0.3) is 0 Å². The van der Waals surface area contributed by atoms with Crippen LogP contribution in [0.4, 0.5) is 11.4 Å². The first-order chi connectivity index (χ1) is 22.0. The van der Waals surface area contributed by atoms with Gasteiger partial charge in [0, 0.05) is 37.6 Å². The number of aliphatic hydroxyl groups excluding tert-OH is 1. The number of para-hydroxylation sites is 1. The number of carbonyl (C=O) groups excluding carboxylic acids is 3. The Balaban J connectivity index is 1.61. The van der Waals surface area contributed by atoms with Crippen LogP contribution in [0.3, 0.4) is 0 Å². The minimum absolute atomic E-state index is 0.113. The van der Waals surface area contributed by atoms with Gasteiger partial charge in [0.15, 0.2) is 0 Å². The van der Waals surface area contributed by atoms with E-state index in [1.165, 1.54) is 0 Å². The molecule has 0 radical (unpaired) electrons. The lowest BCUT2D eigenvalue weighted by molar-refractivity contribution is -0.146. The summed E-state index contributed by atoms with van der Waals surface area (Å²) in [6.45, 7) is 18.6. The van der Waals surface area contributed by atoms with Crippen molar-refractivity contribution in [3.8, 4) is 5.75 Å². The van der Waals surface area contributed by atoms with Crippen LogP contribution in [-0.4, -0.2) is 77.8 Å². The van der Waals surface area contributed by atoms with Crippen molar-refractivity contribution in [1.29, 1.82) is 0 Å². The Morgan fingerprint density at radius 2 is 1.70 bits per heavy atom. The van der Waals surface area contributed by atoms with Gasteiger partial charge in [0.25, 0.3) is 5.91 Å². The summed E-state index contributed by atoms with van der Waals surface area (Å²) in [5.74, 6) is -1.93. The van der Waals surface area contributed by atoms with E-state index in [1.54, 1.807) is 26.9 Å². The Hall–Kier alpha value is -3.95. The highest BCUT2D eigenvalue weighted by atomic mass is 16.5. The zero-order valence-corrected chi connectivity index (χ0v) is 27.7. The quantitative estimate of drug-likeness (QED) is 0.319. The summed E-state index contributed by atoms with van der Waals surface area (Å²) in [6, 6.07) is 12.2. The Morgan fingerprint density at radius 3 is 2.28 bits per heavy atom. The van der Waals surface area contributed by atoms with Crippen molar-refractivity contribution in [2.75, 3.05) is 42.6 Å². The molecule has 3 fully saturated rings. The number of aliphatic hydroxyl groups is 1. The second-order valence-corrected chi connectivity index (χ2v) is 13.0. The number of hydrogen-bond acceptors (Lipinski definition) is 6. The Morgan fingerprint density at radius 1 is 1.07 bits per heavy atom. The number of rotatable bonds is 13. The molecule has 2 aromatic carbocycles. The average Bonchev–Trinajstić information content (AvgIpc) is 3.54. The topological polar surface area (TPSA) is 99.6 Å². The molecule has 0 aromatic heterocycles. The summed E-state index contributed by atoms with van der Waals surface area (Å²) in [5, 5.41) is 9.79. The predicted molar refractivity (Wildman–Crippen MR) is 179 cm³/mol. The van der Waals surface area contributed by atoms with Gasteiger partial charge in [-0.3, -0.25) is 14.4 Å². The Kier molecular flexibility index (Phi) is 9.47. The number of hydrogen-bond donors (Lipinski definition) is 1. The zero-order valence-electron chi connectivity index (χ0n) is 27.7. The number of anilines is 2. The fourth-order valence-corrected chi connectivity index (χ4v) is 8.18. The van der Waals surface area contributed by atoms with Gasteiger partial charge in [-0.05, 0) is 81.8 Å². The van der Waals surface area contributed by atoms with E-state index >= 15 is 0 Å². The average molecular weight is 630 g/mol. The molecule has 3 aliphatic rings. The molecular formula is C37H47N3O6. The van der Waals surface area contributed by atoms with Crippen molar-refractivity contribution < 1.29 is 29.0 Å². The molecule has 9 heteroatoms. The molecular weight excluding hydrogens is 582 g/mol. The van der Waals surface area contributed by atoms with E-state index in [2.05, 4.69) is 13.2 Å². The molecule has 3 saturated heterocycles. The zero-order chi connectivity index (χ0) is 33.4. The van der Waals surface area contributed by atoms with Gasteiger partial charge in [-0.25, -0.2) is 0 Å². The van der Waals surface area contributed by atoms with Crippen LogP contribution in [0.5, 0.6) is 5.75 Å². The van der Waals surface area contributed by atoms with Crippen LogP contribution < -0.4 is 14.5 Å². The maximum atomic E-state index is 14.9. The maximum absolute atomic E-state index is 14.9. The summed E-state index contributed by atoms with van der Waals surface area (Å²) in [4.78, 5) is 49.2. The second kappa shape index (κ2) is 13.0. The molecule has 2 aromatic rings. The SMILES string of the molecule is C=CCN(C(=O)[C@H]1[C@H]2C(=O)N(CCCO)C(C(=O)N(CC=C)c3c(C)cccc3C)C23CC(C)[C@]1(C)O3)c1ccc(OCC)cc1. The smallest absolute Gasteiger partial charge is 0.253 e. The maximum Gasteiger partial charge on any atom is 0.253 e. The van der Waals surface area contributed by atoms with Crippen LogP contribution in [0.1, 0.15) is 44.7 Å². The van der Waals surface area contributed by atoms with Crippen LogP contribution >= 0.6 is 0 Å². The molecule has 3 heterocycles. The largest absolute Gasteiger partial charge is 0.494 e. The summed E-state index contributed by atoms with van der Waals surface area (Å²) in [6.07, 6.45) is 4.09. The standard InChI is InChI=1S/C37H47N3O6/c1-8-19-38(27-15-17-28(18-16-27)45-10-3)33(42)29-30-34(43)40(21-12-22-41)32(37(30)23-26(6)36(29,7)46-37)35(44)39(20-9-2)31-24(4)13-11-14-25(31)5/h8-9,11,13-18,26,29-30,32,41H,1-2,10,12,19-23H2,3-7H3/t26?,29-,30+,32?,36+,37?/m1/s1. The van der Waals surface area contributed by atoms with Gasteiger partial charge in [0.05, 0.1) is 24.0 Å². The summed E-state index contributed by atoms with van der Waals surface area (Å²) < 4.78 is 12.6. The number of benzene rings is 2. The highest BCUT2D eigenvalue weighted by Crippen LogP contribution is 2.65. The number of nitrogens with zero attached hydrogens (tertiary/aromatic N) is 3. The molecule has 0 aliphatic carbocycles. The van der Waals surface area contributed by atoms with Gasteiger partial charge in [0.2, 0.25) is 11.8 Å². The van der Waals surface area contributed by atoms with Gasteiger partial charge < -0.3 is 29.3 Å². The molecule has 6 atom stereocenters.